The van der Waals surface area contributed by atoms with E-state index in [1.54, 1.807) is 12.1 Å². The first kappa shape index (κ1) is 14.3. The van der Waals surface area contributed by atoms with E-state index in [2.05, 4.69) is 4.98 Å². The first-order valence-corrected chi connectivity index (χ1v) is 6.58. The van der Waals surface area contributed by atoms with Gasteiger partial charge in [0.25, 0.3) is 0 Å². The number of nitrogens with zero attached hydrogens (tertiary/aromatic N) is 1. The van der Waals surface area contributed by atoms with Gasteiger partial charge in [0.1, 0.15) is 16.6 Å². The zero-order chi connectivity index (χ0) is 14.2. The van der Waals surface area contributed by atoms with Crippen LogP contribution in [0.4, 0.5) is 5.82 Å². The lowest BCUT2D eigenvalue weighted by Gasteiger charge is -2.11. The molecule has 0 radical (unpaired) electrons. The Morgan fingerprint density at radius 1 is 1.00 bits per heavy atom. The van der Waals surface area contributed by atoms with Gasteiger partial charge in [-0.25, -0.2) is 0 Å². The van der Waals surface area contributed by atoms with E-state index in [1.165, 1.54) is 6.07 Å². The van der Waals surface area contributed by atoms with E-state index in [0.717, 1.165) is 11.1 Å². The fourth-order valence-corrected chi connectivity index (χ4v) is 2.12. The molecule has 2 rings (SSSR count). The maximum absolute atomic E-state index is 6.10. The van der Waals surface area contributed by atoms with Crippen LogP contribution in [0.5, 0.6) is 11.6 Å². The first-order chi connectivity index (χ1) is 8.88. The number of hydrogen-bond acceptors (Lipinski definition) is 3. The number of halogens is 3. The number of hydrogen-bond donors (Lipinski definition) is 1. The summed E-state index contributed by atoms with van der Waals surface area (Å²) in [5, 5.41) is 1.30. The minimum atomic E-state index is 0.170. The lowest BCUT2D eigenvalue weighted by molar-refractivity contribution is 0.463. The summed E-state index contributed by atoms with van der Waals surface area (Å²) in [6.45, 7) is 3.79. The van der Waals surface area contributed by atoms with Gasteiger partial charge in [0.2, 0.25) is 5.88 Å². The third kappa shape index (κ3) is 3.06. The molecule has 19 heavy (non-hydrogen) atoms. The van der Waals surface area contributed by atoms with Crippen LogP contribution >= 0.6 is 34.8 Å². The monoisotopic (exact) mass is 316 g/mol. The summed E-state index contributed by atoms with van der Waals surface area (Å²) in [7, 11) is 0. The topological polar surface area (TPSA) is 48.1 Å². The molecular weight excluding hydrogens is 307 g/mol. The SMILES string of the molecule is Cc1cc(Oc2nc(N)c(Cl)cc2Cl)cc(C)c1Cl. The normalized spacial score (nSPS) is 10.6. The van der Waals surface area contributed by atoms with Gasteiger partial charge in [-0.3, -0.25) is 0 Å². The van der Waals surface area contributed by atoms with Crippen molar-refractivity contribution in [2.24, 2.45) is 0 Å². The molecule has 0 saturated heterocycles. The Morgan fingerprint density at radius 3 is 2.16 bits per heavy atom. The van der Waals surface area contributed by atoms with Gasteiger partial charge in [-0.2, -0.15) is 4.98 Å². The predicted octanol–water partition coefficient (Wildman–Crippen LogP) is 5.03. The van der Waals surface area contributed by atoms with Gasteiger partial charge in [0.15, 0.2) is 0 Å². The van der Waals surface area contributed by atoms with Crippen molar-refractivity contribution >= 4 is 40.6 Å². The highest BCUT2D eigenvalue weighted by Gasteiger charge is 2.11. The summed E-state index contributed by atoms with van der Waals surface area (Å²) in [5.41, 5.74) is 7.45. The van der Waals surface area contributed by atoms with Crippen LogP contribution in [0.25, 0.3) is 0 Å². The van der Waals surface area contributed by atoms with E-state index in [-0.39, 0.29) is 11.7 Å². The van der Waals surface area contributed by atoms with E-state index < -0.39 is 0 Å². The third-order valence-corrected chi connectivity index (χ3v) is 3.72. The first-order valence-electron chi connectivity index (χ1n) is 5.44. The Hall–Kier alpha value is -1.16. The van der Waals surface area contributed by atoms with Gasteiger partial charge in [0.05, 0.1) is 5.02 Å². The van der Waals surface area contributed by atoms with Gasteiger partial charge in [0, 0.05) is 5.02 Å². The number of aromatic nitrogens is 1. The van der Waals surface area contributed by atoms with E-state index in [1.807, 2.05) is 13.8 Å². The summed E-state index contributed by atoms with van der Waals surface area (Å²) in [6, 6.07) is 5.10. The smallest absolute Gasteiger partial charge is 0.240 e. The molecule has 0 fully saturated rings. The molecule has 0 aliphatic carbocycles. The number of nitrogen functional groups attached to an aromatic ring is 1. The average molecular weight is 318 g/mol. The molecule has 0 saturated carbocycles. The Balaban J connectivity index is 2.39. The van der Waals surface area contributed by atoms with Crippen molar-refractivity contribution in [3.05, 3.63) is 44.4 Å². The van der Waals surface area contributed by atoms with Crippen molar-refractivity contribution in [1.82, 2.24) is 4.98 Å². The maximum Gasteiger partial charge on any atom is 0.240 e. The van der Waals surface area contributed by atoms with E-state index in [9.17, 15) is 0 Å². The molecule has 1 aromatic heterocycles. The van der Waals surface area contributed by atoms with Gasteiger partial charge in [-0.1, -0.05) is 34.8 Å². The average Bonchev–Trinajstić information content (AvgIpc) is 2.33. The fraction of sp³-hybridized carbons (Fsp3) is 0.154. The molecular formula is C13H11Cl3N2O. The Labute approximate surface area is 126 Å². The number of rotatable bonds is 2. The molecule has 0 atom stereocenters. The molecule has 6 heteroatoms. The molecule has 0 aliphatic rings. The maximum atomic E-state index is 6.10. The Kier molecular flexibility index (Phi) is 4.09. The number of anilines is 1. The van der Waals surface area contributed by atoms with E-state index in [4.69, 9.17) is 45.3 Å². The summed E-state index contributed by atoms with van der Waals surface area (Å²) in [4.78, 5) is 4.01. The summed E-state index contributed by atoms with van der Waals surface area (Å²) >= 11 is 17.9. The van der Waals surface area contributed by atoms with Crippen LogP contribution in [0.1, 0.15) is 11.1 Å². The molecule has 2 N–H and O–H groups in total. The molecule has 2 aromatic rings. The molecule has 1 aromatic carbocycles. The minimum Gasteiger partial charge on any atom is -0.437 e. The minimum absolute atomic E-state index is 0.170. The second-order valence-corrected chi connectivity index (χ2v) is 5.31. The molecule has 0 bridgehead atoms. The Morgan fingerprint density at radius 2 is 1.58 bits per heavy atom. The van der Waals surface area contributed by atoms with Crippen molar-refractivity contribution < 1.29 is 4.74 Å². The second-order valence-electron chi connectivity index (χ2n) is 4.12. The molecule has 0 aliphatic heterocycles. The molecule has 100 valence electrons. The van der Waals surface area contributed by atoms with E-state index in [0.29, 0.717) is 20.8 Å². The van der Waals surface area contributed by atoms with Crippen molar-refractivity contribution in [3.8, 4) is 11.6 Å². The highest BCUT2D eigenvalue weighted by Crippen LogP contribution is 2.34. The lowest BCUT2D eigenvalue weighted by atomic mass is 10.1. The zero-order valence-electron chi connectivity index (χ0n) is 10.3. The lowest BCUT2D eigenvalue weighted by Crippen LogP contribution is -1.96. The Bertz CT molecular complexity index is 621. The second kappa shape index (κ2) is 5.45. The third-order valence-electron chi connectivity index (χ3n) is 2.55. The molecule has 0 unspecified atom stereocenters. The van der Waals surface area contributed by atoms with Crippen LogP contribution in [-0.2, 0) is 0 Å². The van der Waals surface area contributed by atoms with Gasteiger partial charge in [-0.15, -0.1) is 0 Å². The largest absolute Gasteiger partial charge is 0.437 e. The predicted molar refractivity (Wildman–Crippen MR) is 79.7 cm³/mol. The number of ether oxygens (including phenoxy) is 1. The molecule has 1 heterocycles. The van der Waals surface area contributed by atoms with Crippen LogP contribution in [0, 0.1) is 13.8 Å². The fourth-order valence-electron chi connectivity index (χ4n) is 1.61. The van der Waals surface area contributed by atoms with Crippen LogP contribution in [0.2, 0.25) is 15.1 Å². The highest BCUT2D eigenvalue weighted by atomic mass is 35.5. The highest BCUT2D eigenvalue weighted by molar-refractivity contribution is 6.36. The number of benzene rings is 1. The summed E-state index contributed by atoms with van der Waals surface area (Å²) in [6.07, 6.45) is 0. The van der Waals surface area contributed by atoms with Crippen molar-refractivity contribution in [1.29, 1.82) is 0 Å². The van der Waals surface area contributed by atoms with Crippen LogP contribution in [0.3, 0.4) is 0 Å². The molecule has 3 nitrogen and oxygen atoms in total. The number of pyridine rings is 1. The van der Waals surface area contributed by atoms with Crippen molar-refractivity contribution in [2.45, 2.75) is 13.8 Å². The number of nitrogens with two attached hydrogens (primary N) is 1. The zero-order valence-corrected chi connectivity index (χ0v) is 12.6. The van der Waals surface area contributed by atoms with Crippen molar-refractivity contribution in [2.75, 3.05) is 5.73 Å². The molecule has 0 amide bonds. The summed E-state index contributed by atoms with van der Waals surface area (Å²) < 4.78 is 5.62. The summed E-state index contributed by atoms with van der Waals surface area (Å²) in [5.74, 6) is 0.976. The van der Waals surface area contributed by atoms with Gasteiger partial charge < -0.3 is 10.5 Å². The van der Waals surface area contributed by atoms with E-state index >= 15 is 0 Å². The molecule has 0 spiro atoms. The standard InChI is InChI=1S/C13H11Cl3N2O/c1-6-3-8(4-7(2)11(6)16)19-13-10(15)5-9(14)12(17)18-13/h3-5H,1-2H3,(H2,17,18). The van der Waals surface area contributed by atoms with Crippen LogP contribution in [0.15, 0.2) is 18.2 Å². The van der Waals surface area contributed by atoms with Crippen LogP contribution in [-0.4, -0.2) is 4.98 Å². The van der Waals surface area contributed by atoms with Gasteiger partial charge >= 0.3 is 0 Å². The quantitative estimate of drug-likeness (QED) is 0.844. The van der Waals surface area contributed by atoms with Gasteiger partial charge in [-0.05, 0) is 43.2 Å². The van der Waals surface area contributed by atoms with Crippen molar-refractivity contribution in [3.63, 3.8) is 0 Å². The van der Waals surface area contributed by atoms with Crippen LogP contribution < -0.4 is 10.5 Å². The number of aryl methyl sites for hydroxylation is 2.